The highest BCUT2D eigenvalue weighted by Crippen LogP contribution is 2.24. The fourth-order valence-corrected chi connectivity index (χ4v) is 1.56. The number of halogens is 3. The van der Waals surface area contributed by atoms with Gasteiger partial charge in [-0.05, 0) is 5.56 Å². The van der Waals surface area contributed by atoms with Gasteiger partial charge in [0.2, 0.25) is 5.56 Å². The van der Waals surface area contributed by atoms with E-state index in [1.165, 1.54) is 0 Å². The van der Waals surface area contributed by atoms with Crippen LogP contribution in [0.3, 0.4) is 0 Å². The Morgan fingerprint density at radius 2 is 2.19 bits per heavy atom. The molecule has 1 aromatic rings. The number of rotatable bonds is 4. The molecule has 1 heterocycles. The fourth-order valence-electron chi connectivity index (χ4n) is 1.33. The zero-order chi connectivity index (χ0) is 12.3. The molecule has 0 spiro atoms. The zero-order valence-corrected chi connectivity index (χ0v) is 8.72. The summed E-state index contributed by atoms with van der Waals surface area (Å²) in [6, 6.07) is 0.693. The Hall–Kier alpha value is -1.43. The van der Waals surface area contributed by atoms with Gasteiger partial charge < -0.3 is 10.1 Å². The van der Waals surface area contributed by atoms with Crippen molar-refractivity contribution in [3.05, 3.63) is 33.2 Å². The lowest BCUT2D eigenvalue weighted by Gasteiger charge is -2.10. The summed E-state index contributed by atoms with van der Waals surface area (Å²) in [5.74, 6) is -1.49. The quantitative estimate of drug-likeness (QED) is 0.800. The lowest BCUT2D eigenvalue weighted by atomic mass is 10.0. The van der Waals surface area contributed by atoms with E-state index in [2.05, 4.69) is 4.98 Å². The van der Waals surface area contributed by atoms with Crippen molar-refractivity contribution in [2.75, 3.05) is 0 Å². The van der Waals surface area contributed by atoms with Crippen molar-refractivity contribution in [2.45, 2.75) is 18.7 Å². The summed E-state index contributed by atoms with van der Waals surface area (Å²) in [5, 5.41) is 8.58. The number of carboxylic acid groups (broad SMARTS) is 1. The molecule has 0 radical (unpaired) electrons. The number of aromatic amines is 1. The lowest BCUT2D eigenvalue weighted by molar-refractivity contribution is -0.136. The Bertz CT molecular complexity index is 459. The van der Waals surface area contributed by atoms with Gasteiger partial charge in [-0.3, -0.25) is 9.59 Å². The lowest BCUT2D eigenvalue weighted by Crippen LogP contribution is -2.16. The molecule has 2 N–H and O–H groups in total. The van der Waals surface area contributed by atoms with Crippen LogP contribution in [0.25, 0.3) is 0 Å². The van der Waals surface area contributed by atoms with Crippen molar-refractivity contribution in [1.29, 1.82) is 0 Å². The van der Waals surface area contributed by atoms with Gasteiger partial charge in [0.15, 0.2) is 0 Å². The van der Waals surface area contributed by atoms with Gasteiger partial charge in [-0.1, -0.05) is 0 Å². The minimum absolute atomic E-state index is 0.0202. The smallest absolute Gasteiger partial charge is 0.307 e. The standard InChI is InChI=1S/C9H8ClF2NO3/c10-3-6-4(2-8(15)16)5(9(11)12)1-7(14)13-6/h1,9H,2-3H2,(H,13,14)(H,15,16). The van der Waals surface area contributed by atoms with E-state index < -0.39 is 29.9 Å². The van der Waals surface area contributed by atoms with Crippen LogP contribution in [0.2, 0.25) is 0 Å². The normalized spacial score (nSPS) is 10.8. The maximum absolute atomic E-state index is 12.6. The number of alkyl halides is 3. The van der Waals surface area contributed by atoms with E-state index in [4.69, 9.17) is 16.7 Å². The van der Waals surface area contributed by atoms with Gasteiger partial charge in [0.1, 0.15) is 0 Å². The van der Waals surface area contributed by atoms with Gasteiger partial charge in [-0.15, -0.1) is 11.6 Å². The second kappa shape index (κ2) is 5.07. The van der Waals surface area contributed by atoms with Crippen LogP contribution in [-0.4, -0.2) is 16.1 Å². The van der Waals surface area contributed by atoms with Crippen molar-refractivity contribution in [3.8, 4) is 0 Å². The van der Waals surface area contributed by atoms with E-state index in [0.29, 0.717) is 6.07 Å². The molecule has 0 atom stereocenters. The van der Waals surface area contributed by atoms with Crippen LogP contribution in [0.5, 0.6) is 0 Å². The highest BCUT2D eigenvalue weighted by molar-refractivity contribution is 6.17. The molecule has 0 fully saturated rings. The molecule has 0 aliphatic rings. The largest absolute Gasteiger partial charge is 0.481 e. The second-order valence-electron chi connectivity index (χ2n) is 3.05. The molecule has 1 rings (SSSR count). The van der Waals surface area contributed by atoms with E-state index in [-0.39, 0.29) is 17.1 Å². The highest BCUT2D eigenvalue weighted by atomic mass is 35.5. The summed E-state index contributed by atoms with van der Waals surface area (Å²) >= 11 is 5.46. The van der Waals surface area contributed by atoms with Crippen LogP contribution in [0.4, 0.5) is 8.78 Å². The molecule has 0 aliphatic heterocycles. The Labute approximate surface area is 93.9 Å². The van der Waals surface area contributed by atoms with E-state index in [9.17, 15) is 18.4 Å². The Morgan fingerprint density at radius 3 is 2.62 bits per heavy atom. The molecule has 0 aliphatic carbocycles. The molecule has 0 saturated carbocycles. The van der Waals surface area contributed by atoms with Crippen LogP contribution < -0.4 is 5.56 Å². The maximum Gasteiger partial charge on any atom is 0.307 e. The molecule has 0 saturated heterocycles. The first-order chi connectivity index (χ1) is 7.45. The van der Waals surface area contributed by atoms with Crippen LogP contribution in [0, 0.1) is 0 Å². The fraction of sp³-hybridized carbons (Fsp3) is 0.333. The molecule has 4 nitrogen and oxygen atoms in total. The number of aromatic nitrogens is 1. The number of hydrogen-bond acceptors (Lipinski definition) is 2. The SMILES string of the molecule is O=C(O)Cc1c(C(F)F)cc(=O)[nH]c1CCl. The molecule has 1 aromatic heterocycles. The number of nitrogens with one attached hydrogen (secondary N) is 1. The third-order valence-electron chi connectivity index (χ3n) is 1.97. The summed E-state index contributed by atoms with van der Waals surface area (Å²) in [7, 11) is 0. The monoisotopic (exact) mass is 251 g/mol. The Morgan fingerprint density at radius 1 is 1.56 bits per heavy atom. The van der Waals surface area contributed by atoms with E-state index in [1.807, 2.05) is 0 Å². The summed E-state index contributed by atoms with van der Waals surface area (Å²) in [5.41, 5.74) is -1.41. The van der Waals surface area contributed by atoms with Crippen molar-refractivity contribution in [3.63, 3.8) is 0 Å². The maximum atomic E-state index is 12.6. The molecule has 0 aromatic carbocycles. The van der Waals surface area contributed by atoms with E-state index in [1.54, 1.807) is 0 Å². The van der Waals surface area contributed by atoms with Crippen LogP contribution >= 0.6 is 11.6 Å². The molecule has 0 unspecified atom stereocenters. The van der Waals surface area contributed by atoms with Crippen LogP contribution in [0.1, 0.15) is 23.2 Å². The molecule has 0 amide bonds. The number of hydrogen-bond donors (Lipinski definition) is 2. The molecule has 0 bridgehead atoms. The summed E-state index contributed by atoms with van der Waals surface area (Å²) in [6.45, 7) is 0. The summed E-state index contributed by atoms with van der Waals surface area (Å²) < 4.78 is 25.2. The van der Waals surface area contributed by atoms with Crippen molar-refractivity contribution >= 4 is 17.6 Å². The Balaban J connectivity index is 3.38. The number of pyridine rings is 1. The van der Waals surface area contributed by atoms with Crippen molar-refractivity contribution in [1.82, 2.24) is 4.98 Å². The number of aliphatic carboxylic acids is 1. The van der Waals surface area contributed by atoms with E-state index >= 15 is 0 Å². The van der Waals surface area contributed by atoms with E-state index in [0.717, 1.165) is 0 Å². The van der Waals surface area contributed by atoms with Gasteiger partial charge in [0.05, 0.1) is 12.3 Å². The molecule has 7 heteroatoms. The third kappa shape index (κ3) is 2.79. The zero-order valence-electron chi connectivity index (χ0n) is 7.97. The van der Waals surface area contributed by atoms with Gasteiger partial charge >= 0.3 is 5.97 Å². The van der Waals surface area contributed by atoms with Crippen LogP contribution in [-0.2, 0) is 17.1 Å². The number of carbonyl (C=O) groups is 1. The van der Waals surface area contributed by atoms with Gasteiger partial charge in [-0.2, -0.15) is 0 Å². The first-order valence-corrected chi connectivity index (χ1v) is 4.80. The predicted octanol–water partition coefficient (Wildman–Crippen LogP) is 1.68. The molecule has 16 heavy (non-hydrogen) atoms. The highest BCUT2D eigenvalue weighted by Gasteiger charge is 2.19. The van der Waals surface area contributed by atoms with Gasteiger partial charge in [0.25, 0.3) is 6.43 Å². The average molecular weight is 252 g/mol. The number of carboxylic acids is 1. The molecular formula is C9H8ClF2NO3. The topological polar surface area (TPSA) is 70.2 Å². The molecule has 88 valence electrons. The summed E-state index contributed by atoms with van der Waals surface area (Å²) in [6.07, 6.45) is -3.50. The van der Waals surface area contributed by atoms with Crippen molar-refractivity contribution in [2.24, 2.45) is 0 Å². The second-order valence-corrected chi connectivity index (χ2v) is 3.32. The van der Waals surface area contributed by atoms with Gasteiger partial charge in [-0.25, -0.2) is 8.78 Å². The Kier molecular flexibility index (Phi) is 4.00. The van der Waals surface area contributed by atoms with Crippen molar-refractivity contribution < 1.29 is 18.7 Å². The predicted molar refractivity (Wildman–Crippen MR) is 52.9 cm³/mol. The average Bonchev–Trinajstić information content (AvgIpc) is 2.19. The first-order valence-electron chi connectivity index (χ1n) is 4.26. The molecular weight excluding hydrogens is 244 g/mol. The van der Waals surface area contributed by atoms with Gasteiger partial charge in [0, 0.05) is 17.3 Å². The number of H-pyrrole nitrogens is 1. The minimum Gasteiger partial charge on any atom is -0.481 e. The third-order valence-corrected chi connectivity index (χ3v) is 2.24. The summed E-state index contributed by atoms with van der Waals surface area (Å²) in [4.78, 5) is 23.8. The first kappa shape index (κ1) is 12.6. The minimum atomic E-state index is -2.90. The van der Waals surface area contributed by atoms with Crippen LogP contribution in [0.15, 0.2) is 10.9 Å².